The van der Waals surface area contributed by atoms with E-state index in [1.807, 2.05) is 6.92 Å². The maximum atomic E-state index is 13.6. The van der Waals surface area contributed by atoms with E-state index in [1.54, 1.807) is 6.92 Å². The standard InChI is InChI=1S/C14H14F2N4O2S2/c1-3-12-19-20-13(8(2)18-14(20)23-12)24(21,22)17-7-9-4-5-10(15)6-11(9)16/h4-6,17H,3,7H2,1-2H3. The van der Waals surface area contributed by atoms with Gasteiger partial charge in [0.05, 0.1) is 5.69 Å². The fourth-order valence-electron chi connectivity index (χ4n) is 2.23. The van der Waals surface area contributed by atoms with E-state index < -0.39 is 21.7 Å². The topological polar surface area (TPSA) is 76.4 Å². The van der Waals surface area contributed by atoms with Gasteiger partial charge in [0.25, 0.3) is 10.0 Å². The lowest BCUT2D eigenvalue weighted by Crippen LogP contribution is -2.26. The SMILES string of the molecule is CCc1nn2c(S(=O)(=O)NCc3ccc(F)cc3F)c(C)nc2s1. The third-order valence-electron chi connectivity index (χ3n) is 3.39. The Morgan fingerprint density at radius 1 is 1.33 bits per heavy atom. The molecule has 0 spiro atoms. The summed E-state index contributed by atoms with van der Waals surface area (Å²) in [4.78, 5) is 4.69. The number of rotatable bonds is 5. The van der Waals surface area contributed by atoms with Crippen molar-refractivity contribution in [1.29, 1.82) is 0 Å². The molecule has 0 aliphatic rings. The number of nitrogens with zero attached hydrogens (tertiary/aromatic N) is 3. The molecule has 6 nitrogen and oxygen atoms in total. The number of hydrogen-bond donors (Lipinski definition) is 1. The summed E-state index contributed by atoms with van der Waals surface area (Å²) < 4.78 is 55.3. The average Bonchev–Trinajstić information content (AvgIpc) is 3.01. The van der Waals surface area contributed by atoms with Crippen LogP contribution in [0.4, 0.5) is 8.78 Å². The Morgan fingerprint density at radius 2 is 2.08 bits per heavy atom. The Balaban J connectivity index is 1.93. The first-order chi connectivity index (χ1) is 11.3. The van der Waals surface area contributed by atoms with Gasteiger partial charge in [-0.15, -0.1) is 0 Å². The van der Waals surface area contributed by atoms with Crippen LogP contribution in [0.5, 0.6) is 0 Å². The third-order valence-corrected chi connectivity index (χ3v) is 5.95. The van der Waals surface area contributed by atoms with E-state index in [1.165, 1.54) is 21.9 Å². The maximum Gasteiger partial charge on any atom is 0.260 e. The first kappa shape index (κ1) is 16.9. The monoisotopic (exact) mass is 372 g/mol. The maximum absolute atomic E-state index is 13.6. The molecule has 128 valence electrons. The first-order valence-corrected chi connectivity index (χ1v) is 9.40. The zero-order chi connectivity index (χ0) is 17.5. The fraction of sp³-hybridized carbons (Fsp3) is 0.286. The number of imidazole rings is 1. The molecule has 0 aliphatic carbocycles. The van der Waals surface area contributed by atoms with Crippen LogP contribution in [0.3, 0.4) is 0 Å². The van der Waals surface area contributed by atoms with Crippen molar-refractivity contribution in [3.05, 3.63) is 46.1 Å². The van der Waals surface area contributed by atoms with Crippen LogP contribution < -0.4 is 4.72 Å². The van der Waals surface area contributed by atoms with Crippen LogP contribution in [0, 0.1) is 18.6 Å². The van der Waals surface area contributed by atoms with Crippen LogP contribution in [-0.4, -0.2) is 23.0 Å². The average molecular weight is 372 g/mol. The molecule has 0 saturated heterocycles. The molecule has 2 heterocycles. The van der Waals surface area contributed by atoms with E-state index in [2.05, 4.69) is 14.8 Å². The molecule has 0 bridgehead atoms. The smallest absolute Gasteiger partial charge is 0.221 e. The van der Waals surface area contributed by atoms with Gasteiger partial charge in [0.1, 0.15) is 16.6 Å². The van der Waals surface area contributed by atoms with Crippen molar-refractivity contribution in [3.63, 3.8) is 0 Å². The summed E-state index contributed by atoms with van der Waals surface area (Å²) in [6.45, 7) is 3.18. The second kappa shape index (κ2) is 6.19. The molecule has 24 heavy (non-hydrogen) atoms. The molecule has 0 aliphatic heterocycles. The van der Waals surface area contributed by atoms with E-state index in [0.717, 1.165) is 11.1 Å². The van der Waals surface area contributed by atoms with Crippen LogP contribution in [-0.2, 0) is 23.0 Å². The minimum atomic E-state index is -3.96. The van der Waals surface area contributed by atoms with Gasteiger partial charge in [-0.3, -0.25) is 0 Å². The summed E-state index contributed by atoms with van der Waals surface area (Å²) in [7, 11) is -3.96. The van der Waals surface area contributed by atoms with Gasteiger partial charge in [-0.2, -0.15) is 9.61 Å². The Hall–Kier alpha value is -1.91. The summed E-state index contributed by atoms with van der Waals surface area (Å²) in [6.07, 6.45) is 0.667. The molecule has 2 aromatic heterocycles. The molecule has 1 aromatic carbocycles. The highest BCUT2D eigenvalue weighted by atomic mass is 32.2. The number of aromatic nitrogens is 3. The quantitative estimate of drug-likeness (QED) is 0.746. The van der Waals surface area contributed by atoms with Gasteiger partial charge in [0.15, 0.2) is 5.03 Å². The predicted molar refractivity (Wildman–Crippen MR) is 85.4 cm³/mol. The lowest BCUT2D eigenvalue weighted by Gasteiger charge is -2.07. The highest BCUT2D eigenvalue weighted by Crippen LogP contribution is 2.22. The minimum Gasteiger partial charge on any atom is -0.221 e. The van der Waals surface area contributed by atoms with Gasteiger partial charge in [0, 0.05) is 18.2 Å². The predicted octanol–water partition coefficient (Wildman–Crippen LogP) is 2.42. The second-order valence-corrected chi connectivity index (χ2v) is 7.83. The first-order valence-electron chi connectivity index (χ1n) is 7.10. The van der Waals surface area contributed by atoms with Gasteiger partial charge in [-0.05, 0) is 19.4 Å². The van der Waals surface area contributed by atoms with Gasteiger partial charge >= 0.3 is 0 Å². The van der Waals surface area contributed by atoms with Crippen molar-refractivity contribution < 1.29 is 17.2 Å². The van der Waals surface area contributed by atoms with E-state index in [0.29, 0.717) is 23.1 Å². The molecule has 1 N–H and O–H groups in total. The van der Waals surface area contributed by atoms with Crippen molar-refractivity contribution in [3.8, 4) is 0 Å². The third kappa shape index (κ3) is 3.04. The van der Waals surface area contributed by atoms with Crippen molar-refractivity contribution in [1.82, 2.24) is 19.3 Å². The lowest BCUT2D eigenvalue weighted by molar-refractivity contribution is 0.558. The van der Waals surface area contributed by atoms with Gasteiger partial charge in [-0.25, -0.2) is 26.9 Å². The van der Waals surface area contributed by atoms with Gasteiger partial charge in [0.2, 0.25) is 4.96 Å². The summed E-state index contributed by atoms with van der Waals surface area (Å²) >= 11 is 1.31. The van der Waals surface area contributed by atoms with Crippen molar-refractivity contribution in [2.45, 2.75) is 31.8 Å². The summed E-state index contributed by atoms with van der Waals surface area (Å²) in [5, 5.41) is 4.92. The Kier molecular flexibility index (Phi) is 4.37. The number of sulfonamides is 1. The second-order valence-electron chi connectivity index (χ2n) is 5.11. The number of benzene rings is 1. The van der Waals surface area contributed by atoms with Crippen LogP contribution in [0.2, 0.25) is 0 Å². The number of nitrogens with one attached hydrogen (secondary N) is 1. The lowest BCUT2D eigenvalue weighted by atomic mass is 10.2. The van der Waals surface area contributed by atoms with E-state index in [4.69, 9.17) is 0 Å². The van der Waals surface area contributed by atoms with Crippen LogP contribution in [0.25, 0.3) is 4.96 Å². The van der Waals surface area contributed by atoms with E-state index in [9.17, 15) is 17.2 Å². The highest BCUT2D eigenvalue weighted by molar-refractivity contribution is 7.89. The van der Waals surface area contributed by atoms with Crippen LogP contribution in [0.15, 0.2) is 23.2 Å². The number of aryl methyl sites for hydroxylation is 2. The summed E-state index contributed by atoms with van der Waals surface area (Å²) in [6, 6.07) is 2.98. The Morgan fingerprint density at radius 3 is 2.75 bits per heavy atom. The van der Waals surface area contributed by atoms with Crippen molar-refractivity contribution in [2.75, 3.05) is 0 Å². The fourth-order valence-corrected chi connectivity index (χ4v) is 4.44. The molecule has 10 heteroatoms. The summed E-state index contributed by atoms with van der Waals surface area (Å²) in [5.74, 6) is -1.53. The largest absolute Gasteiger partial charge is 0.260 e. The summed E-state index contributed by atoms with van der Waals surface area (Å²) in [5.41, 5.74) is 0.356. The Labute approximate surface area is 141 Å². The molecular formula is C14H14F2N4O2S2. The molecule has 0 atom stereocenters. The molecule has 3 aromatic rings. The molecule has 3 rings (SSSR count). The number of fused-ring (bicyclic) bond motifs is 1. The van der Waals surface area contributed by atoms with E-state index >= 15 is 0 Å². The molecule has 0 amide bonds. The normalized spacial score (nSPS) is 12.2. The molecular weight excluding hydrogens is 358 g/mol. The van der Waals surface area contributed by atoms with Crippen molar-refractivity contribution >= 4 is 26.3 Å². The molecule has 0 unspecified atom stereocenters. The minimum absolute atomic E-state index is 0.0471. The zero-order valence-corrected chi connectivity index (χ0v) is 14.5. The Bertz CT molecular complexity index is 1010. The highest BCUT2D eigenvalue weighted by Gasteiger charge is 2.25. The van der Waals surface area contributed by atoms with Crippen molar-refractivity contribution in [2.24, 2.45) is 0 Å². The zero-order valence-electron chi connectivity index (χ0n) is 12.9. The van der Waals surface area contributed by atoms with E-state index in [-0.39, 0.29) is 17.1 Å². The van der Waals surface area contributed by atoms with Gasteiger partial charge in [-0.1, -0.05) is 24.3 Å². The molecule has 0 saturated carbocycles. The number of hydrogen-bond acceptors (Lipinski definition) is 5. The van der Waals surface area contributed by atoms with Crippen LogP contribution in [0.1, 0.15) is 23.2 Å². The van der Waals surface area contributed by atoms with Crippen LogP contribution >= 0.6 is 11.3 Å². The molecule has 0 radical (unpaired) electrons. The van der Waals surface area contributed by atoms with Gasteiger partial charge < -0.3 is 0 Å². The molecule has 0 fully saturated rings. The number of halogens is 2.